The molecular weight excluding hydrogens is 334 g/mol. The van der Waals surface area contributed by atoms with Gasteiger partial charge in [0.05, 0.1) is 18.2 Å². The van der Waals surface area contributed by atoms with Crippen LogP contribution < -0.4 is 9.54 Å². The summed E-state index contributed by atoms with van der Waals surface area (Å²) < 4.78 is 6.97. The maximum absolute atomic E-state index is 9.85. The van der Waals surface area contributed by atoms with Gasteiger partial charge in [-0.15, -0.1) is 0 Å². The van der Waals surface area contributed by atoms with E-state index in [0.29, 0.717) is 11.8 Å². The van der Waals surface area contributed by atoms with Crippen molar-refractivity contribution in [1.29, 1.82) is 0 Å². The Hall–Kier alpha value is -1.53. The molecule has 1 saturated carbocycles. The molecule has 0 saturated heterocycles. The smallest absolute Gasteiger partial charge is 0.203 e. The molecule has 2 aromatic rings. The van der Waals surface area contributed by atoms with Crippen LogP contribution in [0.4, 0.5) is 0 Å². The van der Waals surface area contributed by atoms with Gasteiger partial charge in [-0.2, -0.15) is 5.10 Å². The van der Waals surface area contributed by atoms with Crippen LogP contribution in [0.1, 0.15) is 32.1 Å². The predicted octanol–water partition coefficient (Wildman–Crippen LogP) is 3.75. The number of halogens is 1. The van der Waals surface area contributed by atoms with Crippen molar-refractivity contribution in [2.75, 3.05) is 7.11 Å². The van der Waals surface area contributed by atoms with Crippen molar-refractivity contribution in [2.45, 2.75) is 38.1 Å². The predicted molar refractivity (Wildman–Crippen MR) is 92.2 cm³/mol. The highest BCUT2D eigenvalue weighted by atomic mass is 35.5. The van der Waals surface area contributed by atoms with E-state index in [4.69, 9.17) is 21.3 Å². The molecule has 0 atom stereocenters. The molecule has 0 amide bonds. The molecule has 0 aliphatic heterocycles. The van der Waals surface area contributed by atoms with Crippen molar-refractivity contribution in [3.63, 3.8) is 0 Å². The monoisotopic (exact) mass is 353 g/mol. The second-order valence-electron chi connectivity index (χ2n) is 5.74. The number of aromatic nitrogens is 2. The Labute approximate surface area is 144 Å². The van der Waals surface area contributed by atoms with Crippen molar-refractivity contribution >= 4 is 22.9 Å². The number of phenolic OH excluding ortho intramolecular Hbond substituents is 1. The number of ether oxygens (including phenoxy) is 1. The minimum Gasteiger partial charge on any atom is -0.503 e. The summed E-state index contributed by atoms with van der Waals surface area (Å²) in [5.41, 5.74) is 0.815. The number of benzene rings is 1. The third kappa shape index (κ3) is 3.53. The zero-order valence-electron chi connectivity index (χ0n) is 13.3. The van der Waals surface area contributed by atoms with E-state index in [-0.39, 0.29) is 10.8 Å². The van der Waals surface area contributed by atoms with Crippen LogP contribution in [0.2, 0.25) is 5.02 Å². The molecule has 1 aromatic carbocycles. The van der Waals surface area contributed by atoms with E-state index in [9.17, 15) is 5.11 Å². The van der Waals surface area contributed by atoms with Crippen LogP contribution in [0.3, 0.4) is 0 Å². The fourth-order valence-corrected chi connectivity index (χ4v) is 3.96. The number of aryl methyl sites for hydroxylation is 1. The van der Waals surface area contributed by atoms with Crippen molar-refractivity contribution in [3.05, 3.63) is 22.0 Å². The van der Waals surface area contributed by atoms with Crippen LogP contribution in [0.25, 0.3) is 10.6 Å². The molecule has 5 nitrogen and oxygen atoms in total. The van der Waals surface area contributed by atoms with Crippen LogP contribution in [0, 0.1) is 0 Å². The number of nitrogens with zero attached hydrogens (tertiary/aromatic N) is 3. The maximum atomic E-state index is 9.85. The second-order valence-corrected chi connectivity index (χ2v) is 7.11. The van der Waals surface area contributed by atoms with Gasteiger partial charge in [0.25, 0.3) is 0 Å². The Morgan fingerprint density at radius 3 is 2.78 bits per heavy atom. The molecule has 1 fully saturated rings. The zero-order valence-corrected chi connectivity index (χ0v) is 14.8. The molecule has 7 heteroatoms. The summed E-state index contributed by atoms with van der Waals surface area (Å²) in [4.78, 5) is 5.76. The van der Waals surface area contributed by atoms with Crippen LogP contribution in [0.5, 0.6) is 11.5 Å². The quantitative estimate of drug-likeness (QED) is 0.914. The fraction of sp³-hybridized carbons (Fsp3) is 0.500. The van der Waals surface area contributed by atoms with E-state index < -0.39 is 0 Å². The van der Waals surface area contributed by atoms with Gasteiger partial charge in [0.2, 0.25) is 4.80 Å². The Morgan fingerprint density at radius 1 is 1.35 bits per heavy atom. The summed E-state index contributed by atoms with van der Waals surface area (Å²) in [6.45, 7) is 0. The highest BCUT2D eigenvalue weighted by Crippen LogP contribution is 2.38. The van der Waals surface area contributed by atoms with Crippen LogP contribution in [0.15, 0.2) is 17.1 Å². The number of rotatable bonds is 3. The number of methoxy groups -OCH3 is 1. The average molecular weight is 354 g/mol. The van der Waals surface area contributed by atoms with Gasteiger partial charge in [0.1, 0.15) is 5.01 Å². The largest absolute Gasteiger partial charge is 0.503 e. The van der Waals surface area contributed by atoms with Crippen molar-refractivity contribution < 1.29 is 9.84 Å². The molecular formula is C16H20ClN3O2S. The first-order valence-corrected chi connectivity index (χ1v) is 8.93. The van der Waals surface area contributed by atoms with Crippen molar-refractivity contribution in [3.8, 4) is 22.1 Å². The molecule has 3 rings (SSSR count). The van der Waals surface area contributed by atoms with E-state index >= 15 is 0 Å². The highest BCUT2D eigenvalue weighted by molar-refractivity contribution is 7.12. The molecule has 124 valence electrons. The summed E-state index contributed by atoms with van der Waals surface area (Å²) in [6, 6.07) is 3.84. The third-order valence-electron chi connectivity index (χ3n) is 4.07. The Kier molecular flexibility index (Phi) is 4.92. The summed E-state index contributed by atoms with van der Waals surface area (Å²) in [6.07, 6.45) is 6.15. The van der Waals surface area contributed by atoms with Crippen LogP contribution in [-0.2, 0) is 7.05 Å². The second kappa shape index (κ2) is 6.93. The lowest BCUT2D eigenvalue weighted by Crippen LogP contribution is -2.18. The van der Waals surface area contributed by atoms with Gasteiger partial charge in [-0.3, -0.25) is 4.99 Å². The first kappa shape index (κ1) is 16.3. The summed E-state index contributed by atoms with van der Waals surface area (Å²) >= 11 is 7.60. The van der Waals surface area contributed by atoms with E-state index in [1.807, 2.05) is 11.7 Å². The standard InChI is InChI=1S/C16H20ClN3O2S/c1-20-16(18-11-6-4-3-5-7-11)23-15(19-20)10-8-12(17)14(21)13(9-10)22-2/h8-9,11,21H,3-7H2,1-2H3/b18-16+. The van der Waals surface area contributed by atoms with Gasteiger partial charge in [-0.25, -0.2) is 4.68 Å². The zero-order chi connectivity index (χ0) is 16.4. The fourth-order valence-electron chi connectivity index (χ4n) is 2.80. The lowest BCUT2D eigenvalue weighted by molar-refractivity contribution is 0.374. The number of phenols is 1. The Bertz CT molecular complexity index is 763. The molecule has 0 unspecified atom stereocenters. The molecule has 1 aliphatic rings. The topological polar surface area (TPSA) is 59.6 Å². The first-order chi connectivity index (χ1) is 11.1. The highest BCUT2D eigenvalue weighted by Gasteiger charge is 2.15. The van der Waals surface area contributed by atoms with Crippen molar-refractivity contribution in [2.24, 2.45) is 12.0 Å². The van der Waals surface area contributed by atoms with Crippen LogP contribution >= 0.6 is 22.9 Å². The molecule has 0 radical (unpaired) electrons. The summed E-state index contributed by atoms with van der Waals surface area (Å²) in [7, 11) is 3.40. The minimum atomic E-state index is -0.0500. The van der Waals surface area contributed by atoms with Gasteiger partial charge < -0.3 is 9.84 Å². The first-order valence-electron chi connectivity index (χ1n) is 7.73. The molecule has 0 spiro atoms. The Morgan fingerprint density at radius 2 is 2.09 bits per heavy atom. The molecule has 23 heavy (non-hydrogen) atoms. The SMILES string of the molecule is COc1cc(-c2nn(C)/c(=N\C3CCCCC3)s2)cc(Cl)c1O. The minimum absolute atomic E-state index is 0.0500. The van der Waals surface area contributed by atoms with Gasteiger partial charge >= 0.3 is 0 Å². The van der Waals surface area contributed by atoms with Gasteiger partial charge in [0.15, 0.2) is 11.5 Å². The number of aromatic hydroxyl groups is 1. The van der Waals surface area contributed by atoms with E-state index in [0.717, 1.165) is 28.2 Å². The lowest BCUT2D eigenvalue weighted by atomic mass is 9.96. The van der Waals surface area contributed by atoms with Gasteiger partial charge in [-0.1, -0.05) is 42.2 Å². The van der Waals surface area contributed by atoms with E-state index in [1.165, 1.54) is 37.7 Å². The average Bonchev–Trinajstić information content (AvgIpc) is 2.92. The molecule has 1 aliphatic carbocycles. The molecule has 1 aromatic heterocycles. The third-order valence-corrected chi connectivity index (χ3v) is 5.42. The normalized spacial score (nSPS) is 16.7. The lowest BCUT2D eigenvalue weighted by Gasteiger charge is -2.16. The van der Waals surface area contributed by atoms with Gasteiger partial charge in [-0.05, 0) is 25.0 Å². The molecule has 0 bridgehead atoms. The molecule has 1 heterocycles. The number of hydrogen-bond acceptors (Lipinski definition) is 5. The van der Waals surface area contributed by atoms with E-state index in [1.54, 1.807) is 12.1 Å². The van der Waals surface area contributed by atoms with Crippen molar-refractivity contribution in [1.82, 2.24) is 9.78 Å². The van der Waals surface area contributed by atoms with E-state index in [2.05, 4.69) is 5.10 Å². The van der Waals surface area contributed by atoms with Gasteiger partial charge in [0, 0.05) is 12.6 Å². The Balaban J connectivity index is 1.97. The maximum Gasteiger partial charge on any atom is 0.203 e. The number of hydrogen-bond donors (Lipinski definition) is 1. The molecule has 1 N–H and O–H groups in total. The summed E-state index contributed by atoms with van der Waals surface area (Å²) in [5.74, 6) is 0.294. The van der Waals surface area contributed by atoms with Crippen LogP contribution in [-0.4, -0.2) is 28.0 Å². The summed E-state index contributed by atoms with van der Waals surface area (Å²) in [5, 5.41) is 15.4.